The molecule has 0 aromatic carbocycles. The minimum atomic E-state index is -0.597. The fourth-order valence-corrected chi connectivity index (χ4v) is 2.19. The number of nitrogens with one attached hydrogen (secondary N) is 1. The van der Waals surface area contributed by atoms with Crippen LogP contribution >= 0.6 is 0 Å². The highest BCUT2D eigenvalue weighted by molar-refractivity contribution is 4.92. The van der Waals surface area contributed by atoms with Crippen molar-refractivity contribution in [2.45, 2.75) is 64.5 Å². The molecule has 1 saturated carbocycles. The first-order valence-electron chi connectivity index (χ1n) is 5.81. The summed E-state index contributed by atoms with van der Waals surface area (Å²) in [6, 6.07) is 0. The van der Waals surface area contributed by atoms with E-state index in [1.54, 1.807) is 0 Å². The van der Waals surface area contributed by atoms with E-state index in [0.717, 1.165) is 5.92 Å². The van der Waals surface area contributed by atoms with Crippen LogP contribution in [0.5, 0.6) is 0 Å². The van der Waals surface area contributed by atoms with E-state index in [-0.39, 0.29) is 5.54 Å². The Labute approximate surface area is 88.1 Å². The van der Waals surface area contributed by atoms with Crippen LogP contribution in [0.3, 0.4) is 0 Å². The fraction of sp³-hybridized carbons (Fsp3) is 1.00. The van der Waals surface area contributed by atoms with E-state index in [1.165, 1.54) is 25.7 Å². The van der Waals surface area contributed by atoms with Crippen LogP contribution in [-0.4, -0.2) is 22.8 Å². The molecule has 0 spiro atoms. The topological polar surface area (TPSA) is 32.3 Å². The zero-order valence-corrected chi connectivity index (χ0v) is 10.1. The Hall–Kier alpha value is -0.0800. The molecule has 2 heteroatoms. The first-order valence-corrected chi connectivity index (χ1v) is 5.81. The highest BCUT2D eigenvalue weighted by Crippen LogP contribution is 2.33. The van der Waals surface area contributed by atoms with Crippen molar-refractivity contribution < 1.29 is 5.11 Å². The lowest BCUT2D eigenvalue weighted by molar-refractivity contribution is 0.0564. The number of rotatable bonds is 3. The van der Waals surface area contributed by atoms with Crippen molar-refractivity contribution in [2.24, 2.45) is 5.92 Å². The number of hydrogen-bond acceptors (Lipinski definition) is 2. The summed E-state index contributed by atoms with van der Waals surface area (Å²) < 4.78 is 0. The molecule has 2 N–H and O–H groups in total. The van der Waals surface area contributed by atoms with Crippen molar-refractivity contribution in [3.05, 3.63) is 0 Å². The van der Waals surface area contributed by atoms with Gasteiger partial charge in [-0.15, -0.1) is 0 Å². The van der Waals surface area contributed by atoms with Gasteiger partial charge >= 0.3 is 0 Å². The average Bonchev–Trinajstić information content (AvgIpc) is 2.06. The molecule has 0 radical (unpaired) electrons. The van der Waals surface area contributed by atoms with E-state index in [4.69, 9.17) is 0 Å². The lowest BCUT2D eigenvalue weighted by atomic mass is 9.75. The summed E-state index contributed by atoms with van der Waals surface area (Å²) in [6.45, 7) is 9.01. The molecule has 1 fully saturated rings. The lowest BCUT2D eigenvalue weighted by Crippen LogP contribution is -2.53. The predicted molar refractivity (Wildman–Crippen MR) is 60.3 cm³/mol. The molecule has 84 valence electrons. The normalized spacial score (nSPS) is 34.5. The summed E-state index contributed by atoms with van der Waals surface area (Å²) in [4.78, 5) is 0. The molecule has 0 bridgehead atoms. The van der Waals surface area contributed by atoms with Crippen molar-refractivity contribution in [1.29, 1.82) is 0 Å². The fourth-order valence-electron chi connectivity index (χ4n) is 2.19. The van der Waals surface area contributed by atoms with Gasteiger partial charge in [-0.05, 0) is 39.5 Å². The Kier molecular flexibility index (Phi) is 3.59. The third-order valence-corrected chi connectivity index (χ3v) is 3.60. The summed E-state index contributed by atoms with van der Waals surface area (Å²) in [5.41, 5.74) is -0.363. The molecule has 1 aliphatic carbocycles. The summed E-state index contributed by atoms with van der Waals surface area (Å²) in [7, 11) is 0. The van der Waals surface area contributed by atoms with Crippen LogP contribution in [0.25, 0.3) is 0 Å². The van der Waals surface area contributed by atoms with Gasteiger partial charge in [0.15, 0.2) is 0 Å². The van der Waals surface area contributed by atoms with Crippen LogP contribution in [0.15, 0.2) is 0 Å². The highest BCUT2D eigenvalue weighted by atomic mass is 16.3. The van der Waals surface area contributed by atoms with Crippen LogP contribution in [0.4, 0.5) is 0 Å². The smallest absolute Gasteiger partial charge is 0.0715 e. The molecule has 14 heavy (non-hydrogen) atoms. The van der Waals surface area contributed by atoms with Gasteiger partial charge in [0, 0.05) is 12.1 Å². The van der Waals surface area contributed by atoms with Gasteiger partial charge in [0.25, 0.3) is 0 Å². The second-order valence-corrected chi connectivity index (χ2v) is 5.73. The third-order valence-electron chi connectivity index (χ3n) is 3.60. The summed E-state index contributed by atoms with van der Waals surface area (Å²) in [5.74, 6) is 0.721. The van der Waals surface area contributed by atoms with E-state index in [1.807, 2.05) is 13.8 Å². The van der Waals surface area contributed by atoms with Gasteiger partial charge in [-0.3, -0.25) is 0 Å². The monoisotopic (exact) mass is 199 g/mol. The Bertz CT molecular complexity index is 185. The molecule has 2 atom stereocenters. The SMILES string of the molecule is CC1CCCCC1(C)NCC(C)(C)O. The lowest BCUT2D eigenvalue weighted by Gasteiger charge is -2.42. The van der Waals surface area contributed by atoms with E-state index in [2.05, 4.69) is 19.2 Å². The number of aliphatic hydroxyl groups is 1. The Morgan fingerprint density at radius 3 is 2.57 bits per heavy atom. The van der Waals surface area contributed by atoms with Crippen molar-refractivity contribution in [1.82, 2.24) is 5.32 Å². The van der Waals surface area contributed by atoms with E-state index >= 15 is 0 Å². The maximum Gasteiger partial charge on any atom is 0.0715 e. The zero-order chi connectivity index (χ0) is 10.8. The van der Waals surface area contributed by atoms with E-state index in [0.29, 0.717) is 6.54 Å². The molecule has 0 aromatic heterocycles. The molecule has 0 aromatic rings. The molecule has 1 rings (SSSR count). The second kappa shape index (κ2) is 4.19. The van der Waals surface area contributed by atoms with Gasteiger partial charge < -0.3 is 10.4 Å². The van der Waals surface area contributed by atoms with Gasteiger partial charge in [0.2, 0.25) is 0 Å². The maximum absolute atomic E-state index is 9.69. The van der Waals surface area contributed by atoms with Gasteiger partial charge in [0.1, 0.15) is 0 Å². The first kappa shape index (κ1) is 12.0. The molecule has 0 amide bonds. The number of β-amino-alcohol motifs (C(OH)–C–C–N with tert-alkyl or cyclic N) is 1. The second-order valence-electron chi connectivity index (χ2n) is 5.73. The van der Waals surface area contributed by atoms with Gasteiger partial charge in [-0.2, -0.15) is 0 Å². The molecule has 2 nitrogen and oxygen atoms in total. The zero-order valence-electron chi connectivity index (χ0n) is 10.1. The quantitative estimate of drug-likeness (QED) is 0.731. The minimum Gasteiger partial charge on any atom is -0.389 e. The van der Waals surface area contributed by atoms with Crippen LogP contribution in [0, 0.1) is 5.92 Å². The molecule has 0 heterocycles. The van der Waals surface area contributed by atoms with Crippen LogP contribution in [-0.2, 0) is 0 Å². The Balaban J connectivity index is 2.47. The third kappa shape index (κ3) is 3.25. The molecule has 0 aliphatic heterocycles. The molecule has 0 saturated heterocycles. The molecular weight excluding hydrogens is 174 g/mol. The molecular formula is C12H25NO. The largest absolute Gasteiger partial charge is 0.389 e. The van der Waals surface area contributed by atoms with Gasteiger partial charge in [-0.1, -0.05) is 19.8 Å². The Morgan fingerprint density at radius 1 is 1.43 bits per heavy atom. The molecule has 1 aliphatic rings. The standard InChI is InChI=1S/C12H25NO/c1-10-7-5-6-8-12(10,4)13-9-11(2,3)14/h10,13-14H,5-9H2,1-4H3. The van der Waals surface area contributed by atoms with Crippen LogP contribution < -0.4 is 5.32 Å². The van der Waals surface area contributed by atoms with Gasteiger partial charge in [0.05, 0.1) is 5.60 Å². The minimum absolute atomic E-state index is 0.234. The maximum atomic E-state index is 9.69. The first-order chi connectivity index (χ1) is 6.33. The van der Waals surface area contributed by atoms with Crippen molar-refractivity contribution in [3.63, 3.8) is 0 Å². The van der Waals surface area contributed by atoms with Crippen molar-refractivity contribution >= 4 is 0 Å². The van der Waals surface area contributed by atoms with E-state index in [9.17, 15) is 5.11 Å². The van der Waals surface area contributed by atoms with Crippen LogP contribution in [0.2, 0.25) is 0 Å². The molecule has 2 unspecified atom stereocenters. The predicted octanol–water partition coefficient (Wildman–Crippen LogP) is 2.32. The van der Waals surface area contributed by atoms with Crippen molar-refractivity contribution in [3.8, 4) is 0 Å². The summed E-state index contributed by atoms with van der Waals surface area (Å²) in [5, 5.41) is 13.2. The average molecular weight is 199 g/mol. The van der Waals surface area contributed by atoms with Crippen molar-refractivity contribution in [2.75, 3.05) is 6.54 Å². The van der Waals surface area contributed by atoms with Crippen LogP contribution in [0.1, 0.15) is 53.4 Å². The Morgan fingerprint density at radius 2 is 2.07 bits per heavy atom. The summed E-state index contributed by atoms with van der Waals surface area (Å²) in [6.07, 6.45) is 5.24. The summed E-state index contributed by atoms with van der Waals surface area (Å²) >= 11 is 0. The van der Waals surface area contributed by atoms with E-state index < -0.39 is 5.60 Å². The highest BCUT2D eigenvalue weighted by Gasteiger charge is 2.33. The van der Waals surface area contributed by atoms with Gasteiger partial charge in [-0.25, -0.2) is 0 Å². The number of hydrogen-bond donors (Lipinski definition) is 2.